The molecular formula is C12H22N2O3. The summed E-state index contributed by atoms with van der Waals surface area (Å²) in [5.41, 5.74) is -1.19. The summed E-state index contributed by atoms with van der Waals surface area (Å²) in [6.45, 7) is 5.20. The largest absolute Gasteiger partial charge is 0.480 e. The molecule has 0 saturated heterocycles. The Morgan fingerprint density at radius 3 is 2.47 bits per heavy atom. The minimum Gasteiger partial charge on any atom is -0.480 e. The Kier molecular flexibility index (Phi) is 4.37. The first-order valence-corrected chi connectivity index (χ1v) is 6.19. The van der Waals surface area contributed by atoms with Crippen LogP contribution < -0.4 is 10.6 Å². The molecule has 0 aliphatic heterocycles. The minimum atomic E-state index is -1.19. The number of rotatable bonds is 6. The van der Waals surface area contributed by atoms with E-state index in [-0.39, 0.29) is 6.04 Å². The molecule has 0 bridgehead atoms. The molecule has 3 N–H and O–H groups in total. The summed E-state index contributed by atoms with van der Waals surface area (Å²) >= 11 is 0. The van der Waals surface area contributed by atoms with Crippen molar-refractivity contribution in [1.29, 1.82) is 0 Å². The molecule has 1 aliphatic rings. The summed E-state index contributed by atoms with van der Waals surface area (Å²) in [5.74, 6) is -0.271. The summed E-state index contributed by atoms with van der Waals surface area (Å²) in [4.78, 5) is 22.7. The highest BCUT2D eigenvalue weighted by molar-refractivity contribution is 5.85. The molecule has 0 spiro atoms. The van der Waals surface area contributed by atoms with Crippen LogP contribution in [0.3, 0.4) is 0 Å². The molecule has 98 valence electrons. The molecule has 1 saturated carbocycles. The first-order valence-electron chi connectivity index (χ1n) is 6.19. The van der Waals surface area contributed by atoms with Crippen molar-refractivity contribution in [3.05, 3.63) is 0 Å². The Balaban J connectivity index is 2.38. The van der Waals surface area contributed by atoms with Crippen molar-refractivity contribution < 1.29 is 14.7 Å². The molecule has 5 heteroatoms. The Morgan fingerprint density at radius 1 is 1.47 bits per heavy atom. The summed E-state index contributed by atoms with van der Waals surface area (Å²) in [7, 11) is 0. The van der Waals surface area contributed by atoms with Crippen LogP contribution >= 0.6 is 0 Å². The van der Waals surface area contributed by atoms with Crippen LogP contribution in [-0.2, 0) is 4.79 Å². The summed E-state index contributed by atoms with van der Waals surface area (Å²) in [5, 5.41) is 14.3. The number of hydrogen-bond acceptors (Lipinski definition) is 2. The third-order valence-electron chi connectivity index (χ3n) is 3.33. The van der Waals surface area contributed by atoms with Gasteiger partial charge in [0.1, 0.15) is 5.54 Å². The molecule has 1 fully saturated rings. The average molecular weight is 242 g/mol. The molecular weight excluding hydrogens is 220 g/mol. The van der Waals surface area contributed by atoms with E-state index in [0.29, 0.717) is 6.42 Å². The number of nitrogens with one attached hydrogen (secondary N) is 2. The second-order valence-corrected chi connectivity index (χ2v) is 5.17. The van der Waals surface area contributed by atoms with E-state index in [4.69, 9.17) is 5.11 Å². The zero-order chi connectivity index (χ0) is 13.1. The number of urea groups is 1. The van der Waals surface area contributed by atoms with E-state index in [1.807, 2.05) is 6.92 Å². The number of carbonyl (C=O) groups excluding carboxylic acids is 1. The summed E-state index contributed by atoms with van der Waals surface area (Å²) in [6.07, 6.45) is 3.82. The van der Waals surface area contributed by atoms with Crippen LogP contribution in [0.15, 0.2) is 0 Å². The van der Waals surface area contributed by atoms with Gasteiger partial charge in [0.2, 0.25) is 0 Å². The number of carbonyl (C=O) groups is 2. The van der Waals surface area contributed by atoms with Gasteiger partial charge in [-0.3, -0.25) is 0 Å². The third kappa shape index (κ3) is 4.24. The van der Waals surface area contributed by atoms with Crippen molar-refractivity contribution >= 4 is 12.0 Å². The maximum absolute atomic E-state index is 11.6. The zero-order valence-corrected chi connectivity index (χ0v) is 10.7. The predicted octanol–water partition coefficient (Wildman–Crippen LogP) is 1.73. The second-order valence-electron chi connectivity index (χ2n) is 5.17. The van der Waals surface area contributed by atoms with E-state index < -0.39 is 17.5 Å². The molecule has 0 aromatic carbocycles. The lowest BCUT2D eigenvalue weighted by molar-refractivity contribution is -0.143. The highest BCUT2D eigenvalue weighted by atomic mass is 16.4. The van der Waals surface area contributed by atoms with Gasteiger partial charge in [0.05, 0.1) is 0 Å². The van der Waals surface area contributed by atoms with E-state index in [9.17, 15) is 9.59 Å². The van der Waals surface area contributed by atoms with Crippen LogP contribution in [0.25, 0.3) is 0 Å². The van der Waals surface area contributed by atoms with Crippen molar-refractivity contribution in [2.24, 2.45) is 5.92 Å². The fraction of sp³-hybridized carbons (Fsp3) is 0.833. The van der Waals surface area contributed by atoms with Crippen molar-refractivity contribution in [2.75, 3.05) is 0 Å². The van der Waals surface area contributed by atoms with Crippen molar-refractivity contribution in [3.63, 3.8) is 0 Å². The first-order chi connectivity index (χ1) is 7.87. The number of carboxylic acid groups (broad SMARTS) is 1. The molecule has 0 aromatic heterocycles. The number of amides is 2. The molecule has 2 atom stereocenters. The van der Waals surface area contributed by atoms with Crippen molar-refractivity contribution in [1.82, 2.24) is 10.6 Å². The van der Waals surface area contributed by atoms with Crippen LogP contribution in [0.1, 0.15) is 46.5 Å². The van der Waals surface area contributed by atoms with Crippen LogP contribution in [0.2, 0.25) is 0 Å². The molecule has 5 nitrogen and oxygen atoms in total. The van der Waals surface area contributed by atoms with Crippen LogP contribution in [-0.4, -0.2) is 28.7 Å². The van der Waals surface area contributed by atoms with E-state index in [1.165, 1.54) is 19.8 Å². The van der Waals surface area contributed by atoms with E-state index in [1.54, 1.807) is 6.92 Å². The lowest BCUT2D eigenvalue weighted by atomic mass is 10.00. The Morgan fingerprint density at radius 2 is 2.06 bits per heavy atom. The van der Waals surface area contributed by atoms with E-state index >= 15 is 0 Å². The van der Waals surface area contributed by atoms with Crippen molar-refractivity contribution in [3.8, 4) is 0 Å². The van der Waals surface area contributed by atoms with Gasteiger partial charge in [0.15, 0.2) is 0 Å². The smallest absolute Gasteiger partial charge is 0.329 e. The number of aliphatic carboxylic acids is 1. The van der Waals surface area contributed by atoms with Crippen LogP contribution in [0.5, 0.6) is 0 Å². The molecule has 0 heterocycles. The standard InChI is InChI=1S/C12H22N2O3/c1-4-12(3,10(15)16)14-11(17)13-8(2)7-9-5-6-9/h8-9H,4-7H2,1-3H3,(H,15,16)(H2,13,14,17). The van der Waals surface area contributed by atoms with Gasteiger partial charge in [0.25, 0.3) is 0 Å². The molecule has 1 aliphatic carbocycles. The van der Waals surface area contributed by atoms with Gasteiger partial charge in [-0.25, -0.2) is 9.59 Å². The van der Waals surface area contributed by atoms with Gasteiger partial charge in [-0.05, 0) is 32.6 Å². The van der Waals surface area contributed by atoms with Gasteiger partial charge in [-0.1, -0.05) is 19.8 Å². The molecule has 0 radical (unpaired) electrons. The van der Waals surface area contributed by atoms with E-state index in [2.05, 4.69) is 10.6 Å². The fourth-order valence-corrected chi connectivity index (χ4v) is 1.72. The van der Waals surface area contributed by atoms with Gasteiger partial charge in [-0.2, -0.15) is 0 Å². The Labute approximate surface area is 102 Å². The maximum Gasteiger partial charge on any atom is 0.329 e. The van der Waals surface area contributed by atoms with E-state index in [0.717, 1.165) is 12.3 Å². The highest BCUT2D eigenvalue weighted by Gasteiger charge is 2.33. The monoisotopic (exact) mass is 242 g/mol. The summed E-state index contributed by atoms with van der Waals surface area (Å²) in [6, 6.07) is -0.303. The molecule has 17 heavy (non-hydrogen) atoms. The quantitative estimate of drug-likeness (QED) is 0.663. The summed E-state index contributed by atoms with van der Waals surface area (Å²) < 4.78 is 0. The number of carboxylic acids is 1. The predicted molar refractivity (Wildman–Crippen MR) is 64.8 cm³/mol. The molecule has 0 aromatic rings. The molecule has 2 unspecified atom stereocenters. The molecule has 1 rings (SSSR count). The average Bonchev–Trinajstić information content (AvgIpc) is 3.00. The van der Waals surface area contributed by atoms with Crippen LogP contribution in [0, 0.1) is 5.92 Å². The SMILES string of the molecule is CCC(C)(NC(=O)NC(C)CC1CC1)C(=O)O. The lowest BCUT2D eigenvalue weighted by Gasteiger charge is -2.26. The second kappa shape index (κ2) is 5.38. The fourth-order valence-electron chi connectivity index (χ4n) is 1.72. The normalized spacial score (nSPS) is 20.2. The maximum atomic E-state index is 11.6. The first kappa shape index (κ1) is 13.8. The minimum absolute atomic E-state index is 0.0948. The van der Waals surface area contributed by atoms with Crippen LogP contribution in [0.4, 0.5) is 4.79 Å². The lowest BCUT2D eigenvalue weighted by Crippen LogP contribution is -2.56. The van der Waals surface area contributed by atoms with Gasteiger partial charge >= 0.3 is 12.0 Å². The highest BCUT2D eigenvalue weighted by Crippen LogP contribution is 2.33. The molecule has 2 amide bonds. The zero-order valence-electron chi connectivity index (χ0n) is 10.7. The van der Waals surface area contributed by atoms with Crippen molar-refractivity contribution in [2.45, 2.75) is 58.0 Å². The van der Waals surface area contributed by atoms with Gasteiger partial charge < -0.3 is 15.7 Å². The third-order valence-corrected chi connectivity index (χ3v) is 3.33. The Bertz CT molecular complexity index is 302. The topological polar surface area (TPSA) is 78.4 Å². The Hall–Kier alpha value is -1.26. The van der Waals surface area contributed by atoms with Gasteiger partial charge in [0, 0.05) is 6.04 Å². The van der Waals surface area contributed by atoms with Gasteiger partial charge in [-0.15, -0.1) is 0 Å². The number of hydrogen-bond donors (Lipinski definition) is 3.